The number of ether oxygens (including phenoxy) is 2. The van der Waals surface area contributed by atoms with Gasteiger partial charge in [0.15, 0.2) is 0 Å². The molecule has 100 valence electrons. The zero-order valence-electron chi connectivity index (χ0n) is 11.9. The Bertz CT molecular complexity index is 559. The molecule has 0 saturated carbocycles. The van der Waals surface area contributed by atoms with E-state index >= 15 is 0 Å². The largest absolute Gasteiger partial charge is 0.497 e. The van der Waals surface area contributed by atoms with Crippen molar-refractivity contribution in [2.24, 2.45) is 0 Å². The molecule has 0 bridgehead atoms. The van der Waals surface area contributed by atoms with Crippen LogP contribution in [0.3, 0.4) is 0 Å². The zero-order valence-corrected chi connectivity index (χ0v) is 11.9. The molecule has 0 atom stereocenters. The van der Waals surface area contributed by atoms with Gasteiger partial charge in [-0.3, -0.25) is 4.98 Å². The van der Waals surface area contributed by atoms with Crippen LogP contribution in [0.25, 0.3) is 0 Å². The van der Waals surface area contributed by atoms with Crippen LogP contribution in [0.4, 0.5) is 0 Å². The van der Waals surface area contributed by atoms with Gasteiger partial charge in [-0.2, -0.15) is 0 Å². The van der Waals surface area contributed by atoms with E-state index < -0.39 is 0 Å². The van der Waals surface area contributed by atoms with Crippen LogP contribution < -0.4 is 9.47 Å². The monoisotopic (exact) mass is 257 g/mol. The van der Waals surface area contributed by atoms with Crippen molar-refractivity contribution < 1.29 is 9.47 Å². The van der Waals surface area contributed by atoms with Crippen molar-refractivity contribution in [2.45, 2.75) is 27.4 Å². The highest BCUT2D eigenvalue weighted by atomic mass is 16.5. The molecule has 0 aliphatic heterocycles. The Balaban J connectivity index is 2.16. The van der Waals surface area contributed by atoms with Gasteiger partial charge in [-0.15, -0.1) is 0 Å². The van der Waals surface area contributed by atoms with E-state index in [2.05, 4.69) is 4.98 Å². The first kappa shape index (κ1) is 13.4. The number of hydrogen-bond donors (Lipinski definition) is 0. The quantitative estimate of drug-likeness (QED) is 0.838. The van der Waals surface area contributed by atoms with Crippen molar-refractivity contribution in [3.05, 3.63) is 52.8 Å². The van der Waals surface area contributed by atoms with E-state index in [0.29, 0.717) is 6.61 Å². The Morgan fingerprint density at radius 2 is 1.74 bits per heavy atom. The third-order valence-corrected chi connectivity index (χ3v) is 2.99. The average Bonchev–Trinajstić information content (AvgIpc) is 2.37. The van der Waals surface area contributed by atoms with E-state index in [0.717, 1.165) is 34.0 Å². The van der Waals surface area contributed by atoms with Gasteiger partial charge in [0, 0.05) is 17.8 Å². The summed E-state index contributed by atoms with van der Waals surface area (Å²) in [5.74, 6) is 1.75. The Morgan fingerprint density at radius 3 is 2.37 bits per heavy atom. The van der Waals surface area contributed by atoms with E-state index in [9.17, 15) is 0 Å². The molecular formula is C16H19NO2. The van der Waals surface area contributed by atoms with Crippen LogP contribution in [-0.2, 0) is 6.61 Å². The maximum atomic E-state index is 5.89. The fourth-order valence-corrected chi connectivity index (χ4v) is 2.07. The number of hydrogen-bond acceptors (Lipinski definition) is 3. The molecule has 0 unspecified atom stereocenters. The van der Waals surface area contributed by atoms with Crippen molar-refractivity contribution in [3.8, 4) is 11.5 Å². The molecular weight excluding hydrogens is 238 g/mol. The lowest BCUT2D eigenvalue weighted by Gasteiger charge is -2.12. The van der Waals surface area contributed by atoms with Crippen LogP contribution >= 0.6 is 0 Å². The van der Waals surface area contributed by atoms with Crippen molar-refractivity contribution in [3.63, 3.8) is 0 Å². The summed E-state index contributed by atoms with van der Waals surface area (Å²) in [7, 11) is 1.66. The molecule has 2 rings (SSSR count). The number of methoxy groups -OCH3 is 1. The van der Waals surface area contributed by atoms with Crippen LogP contribution in [-0.4, -0.2) is 12.1 Å². The van der Waals surface area contributed by atoms with Gasteiger partial charge in [0.25, 0.3) is 0 Å². The van der Waals surface area contributed by atoms with Gasteiger partial charge < -0.3 is 9.47 Å². The summed E-state index contributed by atoms with van der Waals surface area (Å²) in [4.78, 5) is 4.45. The smallest absolute Gasteiger partial charge is 0.130 e. The molecule has 0 spiro atoms. The van der Waals surface area contributed by atoms with Crippen molar-refractivity contribution in [1.29, 1.82) is 0 Å². The fourth-order valence-electron chi connectivity index (χ4n) is 2.07. The zero-order chi connectivity index (χ0) is 13.8. The molecule has 0 fully saturated rings. The van der Waals surface area contributed by atoms with Crippen molar-refractivity contribution in [2.75, 3.05) is 7.11 Å². The first-order valence-electron chi connectivity index (χ1n) is 6.30. The second-order valence-electron chi connectivity index (χ2n) is 4.65. The van der Waals surface area contributed by atoms with Gasteiger partial charge in [0.1, 0.15) is 18.1 Å². The molecule has 3 heteroatoms. The van der Waals surface area contributed by atoms with Crippen molar-refractivity contribution >= 4 is 0 Å². The first-order valence-corrected chi connectivity index (χ1v) is 6.30. The van der Waals surface area contributed by atoms with E-state index in [1.807, 2.05) is 51.1 Å². The number of aromatic nitrogens is 1. The minimum atomic E-state index is 0.448. The topological polar surface area (TPSA) is 31.4 Å². The summed E-state index contributed by atoms with van der Waals surface area (Å²) in [5.41, 5.74) is 4.08. The Hall–Kier alpha value is -2.03. The lowest BCUT2D eigenvalue weighted by molar-refractivity contribution is 0.296. The number of nitrogens with zero attached hydrogens (tertiary/aromatic N) is 1. The third kappa shape index (κ3) is 3.25. The Morgan fingerprint density at radius 1 is 1.05 bits per heavy atom. The molecule has 0 amide bonds. The number of rotatable bonds is 4. The Kier molecular flexibility index (Phi) is 4.05. The van der Waals surface area contributed by atoms with E-state index in [-0.39, 0.29) is 0 Å². The standard InChI is InChI=1S/C16H19NO2/c1-11-6-5-7-12(2)16(11)19-10-14-9-15(18-4)8-13(3)17-14/h5-9H,10H2,1-4H3. The summed E-state index contributed by atoms with van der Waals surface area (Å²) in [6, 6.07) is 9.94. The molecule has 19 heavy (non-hydrogen) atoms. The van der Waals surface area contributed by atoms with Crippen LogP contribution in [0.2, 0.25) is 0 Å². The minimum Gasteiger partial charge on any atom is -0.497 e. The molecule has 1 aromatic carbocycles. The fraction of sp³-hybridized carbons (Fsp3) is 0.312. The van der Waals surface area contributed by atoms with Gasteiger partial charge >= 0.3 is 0 Å². The van der Waals surface area contributed by atoms with Crippen LogP contribution in [0, 0.1) is 20.8 Å². The molecule has 1 heterocycles. The van der Waals surface area contributed by atoms with Gasteiger partial charge in [-0.05, 0) is 31.9 Å². The molecule has 3 nitrogen and oxygen atoms in total. The van der Waals surface area contributed by atoms with Gasteiger partial charge in [0.2, 0.25) is 0 Å². The van der Waals surface area contributed by atoms with E-state index in [1.165, 1.54) is 0 Å². The van der Waals surface area contributed by atoms with Crippen molar-refractivity contribution in [1.82, 2.24) is 4.98 Å². The number of aryl methyl sites for hydroxylation is 3. The van der Waals surface area contributed by atoms with Gasteiger partial charge in [0.05, 0.1) is 12.8 Å². The average molecular weight is 257 g/mol. The second kappa shape index (κ2) is 5.74. The predicted molar refractivity (Wildman–Crippen MR) is 75.8 cm³/mol. The maximum Gasteiger partial charge on any atom is 0.130 e. The molecule has 0 N–H and O–H groups in total. The summed E-state index contributed by atoms with van der Waals surface area (Å²) in [5, 5.41) is 0. The summed E-state index contributed by atoms with van der Waals surface area (Å²) >= 11 is 0. The van der Waals surface area contributed by atoms with E-state index in [4.69, 9.17) is 9.47 Å². The SMILES string of the molecule is COc1cc(C)nc(COc2c(C)cccc2C)c1. The van der Waals surface area contributed by atoms with Gasteiger partial charge in [-0.1, -0.05) is 18.2 Å². The highest BCUT2D eigenvalue weighted by Crippen LogP contribution is 2.23. The predicted octanol–water partition coefficient (Wildman–Crippen LogP) is 3.59. The van der Waals surface area contributed by atoms with E-state index in [1.54, 1.807) is 7.11 Å². The summed E-state index contributed by atoms with van der Waals surface area (Å²) < 4.78 is 11.1. The third-order valence-electron chi connectivity index (χ3n) is 2.99. The molecule has 0 saturated heterocycles. The summed E-state index contributed by atoms with van der Waals surface area (Å²) in [6.07, 6.45) is 0. The number of pyridine rings is 1. The lowest BCUT2D eigenvalue weighted by atomic mass is 10.1. The van der Waals surface area contributed by atoms with Gasteiger partial charge in [-0.25, -0.2) is 0 Å². The highest BCUT2D eigenvalue weighted by Gasteiger charge is 2.06. The summed E-state index contributed by atoms with van der Waals surface area (Å²) in [6.45, 7) is 6.49. The molecule has 0 radical (unpaired) electrons. The molecule has 1 aromatic heterocycles. The van der Waals surface area contributed by atoms with Crippen LogP contribution in [0.1, 0.15) is 22.5 Å². The maximum absolute atomic E-state index is 5.89. The number of benzene rings is 1. The Labute approximate surface area is 114 Å². The first-order chi connectivity index (χ1) is 9.10. The number of para-hydroxylation sites is 1. The van der Waals surface area contributed by atoms with Crippen LogP contribution in [0.15, 0.2) is 30.3 Å². The molecule has 2 aromatic rings. The van der Waals surface area contributed by atoms with Crippen LogP contribution in [0.5, 0.6) is 11.5 Å². The molecule has 0 aliphatic rings. The molecule has 0 aliphatic carbocycles. The highest BCUT2D eigenvalue weighted by molar-refractivity contribution is 5.39. The normalized spacial score (nSPS) is 10.3. The lowest BCUT2D eigenvalue weighted by Crippen LogP contribution is -2.02. The minimum absolute atomic E-state index is 0.448. The second-order valence-corrected chi connectivity index (χ2v) is 4.65.